The SMILES string of the molecule is Cc1ccc(C(=O)[O-])cc1NS(=O)(=O)c1ccc2c(c1)CCCC2. The van der Waals surface area contributed by atoms with E-state index in [0.29, 0.717) is 5.56 Å². The molecule has 5 nitrogen and oxygen atoms in total. The van der Waals surface area contributed by atoms with Crippen LogP contribution in [0.15, 0.2) is 41.3 Å². The highest BCUT2D eigenvalue weighted by atomic mass is 32.2. The van der Waals surface area contributed by atoms with Crippen molar-refractivity contribution in [3.05, 3.63) is 58.7 Å². The molecule has 2 aromatic rings. The summed E-state index contributed by atoms with van der Waals surface area (Å²) in [5, 5.41) is 11.0. The molecular weight excluding hydrogens is 326 g/mol. The molecule has 0 atom stereocenters. The number of hydrogen-bond donors (Lipinski definition) is 1. The van der Waals surface area contributed by atoms with Gasteiger partial charge in [0.1, 0.15) is 0 Å². The van der Waals surface area contributed by atoms with Crippen molar-refractivity contribution < 1.29 is 18.3 Å². The summed E-state index contributed by atoms with van der Waals surface area (Å²) >= 11 is 0. The van der Waals surface area contributed by atoms with Crippen molar-refractivity contribution in [3.63, 3.8) is 0 Å². The fraction of sp³-hybridized carbons (Fsp3) is 0.278. The Kier molecular flexibility index (Phi) is 4.32. The fourth-order valence-electron chi connectivity index (χ4n) is 2.94. The van der Waals surface area contributed by atoms with Gasteiger partial charge in [-0.25, -0.2) is 8.42 Å². The molecule has 0 fully saturated rings. The number of anilines is 1. The predicted molar refractivity (Wildman–Crippen MR) is 89.4 cm³/mol. The van der Waals surface area contributed by atoms with Crippen molar-refractivity contribution in [1.82, 2.24) is 0 Å². The molecule has 126 valence electrons. The molecule has 0 heterocycles. The number of carboxylic acids is 1. The fourth-order valence-corrected chi connectivity index (χ4v) is 4.11. The summed E-state index contributed by atoms with van der Waals surface area (Å²) in [5.41, 5.74) is 3.10. The van der Waals surface area contributed by atoms with Crippen LogP contribution in [0.25, 0.3) is 0 Å². The third-order valence-electron chi connectivity index (χ3n) is 4.35. The van der Waals surface area contributed by atoms with E-state index in [9.17, 15) is 18.3 Å². The molecule has 24 heavy (non-hydrogen) atoms. The van der Waals surface area contributed by atoms with Gasteiger partial charge in [-0.15, -0.1) is 0 Å². The smallest absolute Gasteiger partial charge is 0.261 e. The van der Waals surface area contributed by atoms with Crippen molar-refractivity contribution >= 4 is 21.7 Å². The number of benzene rings is 2. The zero-order valence-corrected chi connectivity index (χ0v) is 14.2. The van der Waals surface area contributed by atoms with E-state index >= 15 is 0 Å². The molecular formula is C18H18NO4S-. The van der Waals surface area contributed by atoms with Crippen LogP contribution in [0.2, 0.25) is 0 Å². The zero-order chi connectivity index (χ0) is 17.3. The molecule has 1 aliphatic carbocycles. The van der Waals surface area contributed by atoms with Crippen LogP contribution in [0.1, 0.15) is 39.9 Å². The number of carbonyl (C=O) groups excluding carboxylic acids is 1. The Morgan fingerprint density at radius 2 is 1.75 bits per heavy atom. The minimum absolute atomic E-state index is 0.0660. The van der Waals surface area contributed by atoms with Gasteiger partial charge in [0.15, 0.2) is 0 Å². The Morgan fingerprint density at radius 1 is 1.04 bits per heavy atom. The Morgan fingerprint density at radius 3 is 2.46 bits per heavy atom. The molecule has 0 unspecified atom stereocenters. The van der Waals surface area contributed by atoms with Crippen LogP contribution in [-0.4, -0.2) is 14.4 Å². The molecule has 0 bridgehead atoms. The maximum atomic E-state index is 12.6. The third-order valence-corrected chi connectivity index (χ3v) is 5.71. The monoisotopic (exact) mass is 344 g/mol. The second-order valence-electron chi connectivity index (χ2n) is 6.06. The second kappa shape index (κ2) is 6.28. The lowest BCUT2D eigenvalue weighted by atomic mass is 9.92. The average molecular weight is 344 g/mol. The first-order valence-corrected chi connectivity index (χ1v) is 9.32. The summed E-state index contributed by atoms with van der Waals surface area (Å²) < 4.78 is 27.8. The van der Waals surface area contributed by atoms with Gasteiger partial charge in [-0.2, -0.15) is 0 Å². The van der Waals surface area contributed by atoms with E-state index in [4.69, 9.17) is 0 Å². The van der Waals surface area contributed by atoms with Crippen molar-refractivity contribution in [2.75, 3.05) is 4.72 Å². The third kappa shape index (κ3) is 3.28. The first kappa shape index (κ1) is 16.5. The molecule has 0 spiro atoms. The number of sulfonamides is 1. The maximum Gasteiger partial charge on any atom is 0.261 e. The van der Waals surface area contributed by atoms with Crippen LogP contribution in [0.5, 0.6) is 0 Å². The Bertz CT molecular complexity index is 903. The number of carbonyl (C=O) groups is 1. The van der Waals surface area contributed by atoms with Gasteiger partial charge in [-0.05, 0) is 73.1 Å². The first-order valence-electron chi connectivity index (χ1n) is 7.83. The number of hydrogen-bond acceptors (Lipinski definition) is 4. The van der Waals surface area contributed by atoms with Gasteiger partial charge >= 0.3 is 0 Å². The van der Waals surface area contributed by atoms with Gasteiger partial charge in [-0.1, -0.05) is 18.2 Å². The Balaban J connectivity index is 1.94. The highest BCUT2D eigenvalue weighted by molar-refractivity contribution is 7.92. The molecule has 0 aromatic heterocycles. The minimum Gasteiger partial charge on any atom is -0.545 e. The van der Waals surface area contributed by atoms with Gasteiger partial charge < -0.3 is 9.90 Å². The van der Waals surface area contributed by atoms with Crippen LogP contribution in [0, 0.1) is 6.92 Å². The predicted octanol–water partition coefficient (Wildman–Crippen LogP) is 2.04. The molecule has 1 aliphatic rings. The average Bonchev–Trinajstić information content (AvgIpc) is 2.56. The number of rotatable bonds is 4. The number of aromatic carboxylic acids is 1. The van der Waals surface area contributed by atoms with Gasteiger partial charge in [0, 0.05) is 0 Å². The molecule has 3 rings (SSSR count). The van der Waals surface area contributed by atoms with E-state index in [1.165, 1.54) is 17.7 Å². The van der Waals surface area contributed by atoms with Gasteiger partial charge in [-0.3, -0.25) is 4.72 Å². The maximum absolute atomic E-state index is 12.6. The Hall–Kier alpha value is -2.34. The molecule has 2 aromatic carbocycles. The van der Waals surface area contributed by atoms with E-state index in [0.717, 1.165) is 31.2 Å². The van der Waals surface area contributed by atoms with Crippen molar-refractivity contribution in [2.24, 2.45) is 0 Å². The van der Waals surface area contributed by atoms with E-state index < -0.39 is 16.0 Å². The highest BCUT2D eigenvalue weighted by Gasteiger charge is 2.18. The summed E-state index contributed by atoms with van der Waals surface area (Å²) in [7, 11) is -3.78. The van der Waals surface area contributed by atoms with Crippen molar-refractivity contribution in [2.45, 2.75) is 37.5 Å². The Labute approximate surface area is 141 Å². The van der Waals surface area contributed by atoms with Crippen molar-refractivity contribution in [3.8, 4) is 0 Å². The van der Waals surface area contributed by atoms with Gasteiger partial charge in [0.05, 0.1) is 16.6 Å². The van der Waals surface area contributed by atoms with Crippen LogP contribution in [0.3, 0.4) is 0 Å². The van der Waals surface area contributed by atoms with E-state index in [1.807, 2.05) is 6.07 Å². The molecule has 6 heteroatoms. The molecule has 0 saturated heterocycles. The lowest BCUT2D eigenvalue weighted by Crippen LogP contribution is -2.22. The lowest BCUT2D eigenvalue weighted by Gasteiger charge is -2.17. The molecule has 0 aliphatic heterocycles. The quantitative estimate of drug-likeness (QED) is 0.919. The largest absolute Gasteiger partial charge is 0.545 e. The standard InChI is InChI=1S/C18H19NO4S/c1-12-6-7-15(18(20)21)11-17(12)19-24(22,23)16-9-8-13-4-2-3-5-14(13)10-16/h6-11,19H,2-5H2,1H3,(H,20,21)/p-1. The van der Waals surface area contributed by atoms with Crippen LogP contribution in [-0.2, 0) is 22.9 Å². The summed E-state index contributed by atoms with van der Waals surface area (Å²) in [4.78, 5) is 11.2. The van der Waals surface area contributed by atoms with Gasteiger partial charge in [0.2, 0.25) is 0 Å². The molecule has 0 radical (unpaired) electrons. The summed E-state index contributed by atoms with van der Waals surface area (Å²) in [6, 6.07) is 9.41. The minimum atomic E-state index is -3.78. The first-order chi connectivity index (χ1) is 11.4. The number of aryl methyl sites for hydroxylation is 3. The zero-order valence-electron chi connectivity index (χ0n) is 13.3. The van der Waals surface area contributed by atoms with Crippen LogP contribution >= 0.6 is 0 Å². The van der Waals surface area contributed by atoms with Gasteiger partial charge in [0.25, 0.3) is 10.0 Å². The van der Waals surface area contributed by atoms with Crippen LogP contribution in [0.4, 0.5) is 5.69 Å². The number of carboxylic acid groups (broad SMARTS) is 1. The molecule has 0 saturated carbocycles. The lowest BCUT2D eigenvalue weighted by molar-refractivity contribution is -0.255. The van der Waals surface area contributed by atoms with Crippen molar-refractivity contribution in [1.29, 1.82) is 0 Å². The summed E-state index contributed by atoms with van der Waals surface area (Å²) in [5.74, 6) is -1.34. The highest BCUT2D eigenvalue weighted by Crippen LogP contribution is 2.26. The van der Waals surface area contributed by atoms with E-state index in [2.05, 4.69) is 4.72 Å². The summed E-state index contributed by atoms with van der Waals surface area (Å²) in [6.45, 7) is 1.71. The van der Waals surface area contributed by atoms with E-state index in [1.54, 1.807) is 25.1 Å². The molecule has 1 N–H and O–H groups in total. The topological polar surface area (TPSA) is 86.3 Å². The summed E-state index contributed by atoms with van der Waals surface area (Å²) in [6.07, 6.45) is 4.07. The normalized spacial score (nSPS) is 14.0. The number of nitrogens with one attached hydrogen (secondary N) is 1. The number of fused-ring (bicyclic) bond motifs is 1. The van der Waals surface area contributed by atoms with Crippen LogP contribution < -0.4 is 9.83 Å². The van der Waals surface area contributed by atoms with E-state index in [-0.39, 0.29) is 16.1 Å². The second-order valence-corrected chi connectivity index (χ2v) is 7.74. The molecule has 0 amide bonds.